The third-order valence-corrected chi connectivity index (χ3v) is 6.24. The number of piperazine rings is 1. The number of amides is 1. The van der Waals surface area contributed by atoms with Gasteiger partial charge in [-0.3, -0.25) is 14.6 Å². The van der Waals surface area contributed by atoms with Crippen LogP contribution in [0.4, 0.5) is 11.4 Å². The average molecular weight is 393 g/mol. The molecule has 2 aromatic carbocycles. The van der Waals surface area contributed by atoms with Crippen LogP contribution in [0.5, 0.6) is 0 Å². The molecule has 0 bridgehead atoms. The van der Waals surface area contributed by atoms with Gasteiger partial charge in [-0.1, -0.05) is 24.3 Å². The summed E-state index contributed by atoms with van der Waals surface area (Å²) in [5.41, 5.74) is 9.02. The summed E-state index contributed by atoms with van der Waals surface area (Å²) in [4.78, 5) is 17.7. The van der Waals surface area contributed by atoms with Gasteiger partial charge in [0.25, 0.3) is 5.91 Å². The number of nitrogens with two attached hydrogens (primary N) is 1. The second kappa shape index (κ2) is 8.56. The van der Waals surface area contributed by atoms with Gasteiger partial charge in [0, 0.05) is 43.8 Å². The van der Waals surface area contributed by atoms with Crippen LogP contribution in [-0.4, -0.2) is 47.4 Å². The van der Waals surface area contributed by atoms with Crippen LogP contribution in [0.3, 0.4) is 0 Å². The highest BCUT2D eigenvalue weighted by molar-refractivity contribution is 6.05. The van der Waals surface area contributed by atoms with Crippen LogP contribution in [0.2, 0.25) is 0 Å². The molecule has 2 aliphatic rings. The zero-order valence-electron chi connectivity index (χ0n) is 17.5. The van der Waals surface area contributed by atoms with Crippen molar-refractivity contribution in [1.82, 2.24) is 9.80 Å². The molecule has 29 heavy (non-hydrogen) atoms. The first kappa shape index (κ1) is 19.9. The van der Waals surface area contributed by atoms with E-state index in [1.165, 1.54) is 24.9 Å². The van der Waals surface area contributed by atoms with Crippen LogP contribution in [0.15, 0.2) is 48.5 Å². The first-order chi connectivity index (χ1) is 14.0. The molecule has 1 heterocycles. The van der Waals surface area contributed by atoms with Crippen molar-refractivity contribution in [2.24, 2.45) is 5.92 Å². The minimum atomic E-state index is -0.134. The number of anilines is 2. The number of carbonyl (C=O) groups excluding carboxylic acids is 1. The molecular formula is C24H32N4O. The van der Waals surface area contributed by atoms with Gasteiger partial charge in [-0.05, 0) is 62.4 Å². The van der Waals surface area contributed by atoms with Crippen molar-refractivity contribution in [3.8, 4) is 0 Å². The van der Waals surface area contributed by atoms with Crippen molar-refractivity contribution in [2.45, 2.75) is 45.3 Å². The Balaban J connectivity index is 1.34. The second-order valence-electron chi connectivity index (χ2n) is 8.76. The quantitative estimate of drug-likeness (QED) is 0.734. The Kier molecular flexibility index (Phi) is 5.88. The summed E-state index contributed by atoms with van der Waals surface area (Å²) in [5, 5.41) is 2.89. The Bertz CT molecular complexity index is 846. The highest BCUT2D eigenvalue weighted by Gasteiger charge is 2.32. The van der Waals surface area contributed by atoms with Gasteiger partial charge in [-0.2, -0.15) is 0 Å². The lowest BCUT2D eigenvalue weighted by atomic mass is 10.1. The van der Waals surface area contributed by atoms with Crippen molar-refractivity contribution in [1.29, 1.82) is 0 Å². The Hall–Kier alpha value is -2.37. The van der Waals surface area contributed by atoms with Gasteiger partial charge >= 0.3 is 0 Å². The van der Waals surface area contributed by atoms with E-state index in [1.54, 1.807) is 6.07 Å². The smallest absolute Gasteiger partial charge is 0.255 e. The number of hydrogen-bond acceptors (Lipinski definition) is 4. The number of nitrogen functional groups attached to an aromatic ring is 1. The van der Waals surface area contributed by atoms with Gasteiger partial charge in [-0.15, -0.1) is 0 Å². The zero-order chi connectivity index (χ0) is 20.4. The highest BCUT2D eigenvalue weighted by atomic mass is 16.1. The molecule has 0 spiro atoms. The monoisotopic (exact) mass is 392 g/mol. The molecule has 2 atom stereocenters. The molecule has 5 heteroatoms. The van der Waals surface area contributed by atoms with Crippen molar-refractivity contribution in [3.05, 3.63) is 59.7 Å². The molecule has 1 saturated heterocycles. The zero-order valence-corrected chi connectivity index (χ0v) is 17.5. The molecule has 154 valence electrons. The maximum absolute atomic E-state index is 12.5. The number of hydrogen-bond donors (Lipinski definition) is 2. The van der Waals surface area contributed by atoms with Crippen molar-refractivity contribution >= 4 is 17.3 Å². The topological polar surface area (TPSA) is 61.6 Å². The minimum Gasteiger partial charge on any atom is -0.397 e. The van der Waals surface area contributed by atoms with E-state index in [2.05, 4.69) is 41.1 Å². The van der Waals surface area contributed by atoms with Crippen LogP contribution < -0.4 is 11.1 Å². The SMILES string of the molecule is C[C@@H]1CN(CC2CC2)[C@@H](C)CN1Cc1ccc(C(=O)Nc2ccccc2N)cc1. The standard InChI is InChI=1S/C24H32N4O/c1-17-14-28(18(2)13-27(17)15-19-7-8-19)16-20-9-11-21(12-10-20)24(29)26-23-6-4-3-5-22(23)25/h3-6,9-12,17-19H,7-8,13-16,25H2,1-2H3,(H,26,29)/t17-,18+/m0/s1. The van der Waals surface area contributed by atoms with E-state index in [-0.39, 0.29) is 5.91 Å². The normalized spacial score (nSPS) is 23.1. The fraction of sp³-hybridized carbons (Fsp3) is 0.458. The summed E-state index contributed by atoms with van der Waals surface area (Å²) < 4.78 is 0. The molecule has 1 aliphatic heterocycles. The van der Waals surface area contributed by atoms with Crippen LogP contribution in [-0.2, 0) is 6.54 Å². The molecule has 5 nitrogen and oxygen atoms in total. The van der Waals surface area contributed by atoms with Gasteiger partial charge in [-0.25, -0.2) is 0 Å². The van der Waals surface area contributed by atoms with Crippen LogP contribution >= 0.6 is 0 Å². The Labute approximate surface area is 173 Å². The summed E-state index contributed by atoms with van der Waals surface area (Å²) in [6, 6.07) is 16.4. The van der Waals surface area contributed by atoms with E-state index in [4.69, 9.17) is 5.73 Å². The molecular weight excluding hydrogens is 360 g/mol. The lowest BCUT2D eigenvalue weighted by Gasteiger charge is -2.44. The summed E-state index contributed by atoms with van der Waals surface area (Å²) in [6.07, 6.45) is 2.83. The second-order valence-corrected chi connectivity index (χ2v) is 8.76. The summed E-state index contributed by atoms with van der Waals surface area (Å²) in [5.74, 6) is 0.811. The Morgan fingerprint density at radius 2 is 1.66 bits per heavy atom. The fourth-order valence-corrected chi connectivity index (χ4v) is 4.18. The predicted molar refractivity (Wildman–Crippen MR) is 119 cm³/mol. The van der Waals surface area contributed by atoms with Crippen molar-refractivity contribution in [3.63, 3.8) is 0 Å². The van der Waals surface area contributed by atoms with Gasteiger partial charge in [0.05, 0.1) is 11.4 Å². The molecule has 0 aromatic heterocycles. The van der Waals surface area contributed by atoms with Crippen molar-refractivity contribution < 1.29 is 4.79 Å². The molecule has 3 N–H and O–H groups in total. The maximum atomic E-state index is 12.5. The predicted octanol–water partition coefficient (Wildman–Crippen LogP) is 3.83. The lowest BCUT2D eigenvalue weighted by molar-refractivity contribution is 0.0350. The summed E-state index contributed by atoms with van der Waals surface area (Å²) in [6.45, 7) is 9.13. The van der Waals surface area contributed by atoms with E-state index in [0.717, 1.165) is 25.6 Å². The molecule has 0 radical (unpaired) electrons. The summed E-state index contributed by atoms with van der Waals surface area (Å²) in [7, 11) is 0. The van der Waals surface area contributed by atoms with Crippen LogP contribution in [0.25, 0.3) is 0 Å². The molecule has 1 saturated carbocycles. The van der Waals surface area contributed by atoms with E-state index >= 15 is 0 Å². The van der Waals surface area contributed by atoms with Gasteiger partial charge in [0.2, 0.25) is 0 Å². The number of nitrogens with one attached hydrogen (secondary N) is 1. The summed E-state index contributed by atoms with van der Waals surface area (Å²) >= 11 is 0. The fourth-order valence-electron chi connectivity index (χ4n) is 4.18. The number of carbonyl (C=O) groups is 1. The number of para-hydroxylation sites is 2. The van der Waals surface area contributed by atoms with Crippen molar-refractivity contribution in [2.75, 3.05) is 30.7 Å². The lowest BCUT2D eigenvalue weighted by Crippen LogP contribution is -2.56. The van der Waals surface area contributed by atoms with Crippen LogP contribution in [0.1, 0.15) is 42.6 Å². The minimum absolute atomic E-state index is 0.134. The molecule has 0 unspecified atom stereocenters. The first-order valence-electron chi connectivity index (χ1n) is 10.7. The Morgan fingerprint density at radius 1 is 1.00 bits per heavy atom. The third-order valence-electron chi connectivity index (χ3n) is 6.24. The largest absolute Gasteiger partial charge is 0.397 e. The molecule has 2 fully saturated rings. The molecule has 2 aromatic rings. The average Bonchev–Trinajstić information content (AvgIpc) is 3.52. The number of benzene rings is 2. The maximum Gasteiger partial charge on any atom is 0.255 e. The Morgan fingerprint density at radius 3 is 2.34 bits per heavy atom. The van der Waals surface area contributed by atoms with E-state index in [1.807, 2.05) is 30.3 Å². The first-order valence-corrected chi connectivity index (χ1v) is 10.7. The van der Waals surface area contributed by atoms with E-state index < -0.39 is 0 Å². The van der Waals surface area contributed by atoms with Gasteiger partial charge < -0.3 is 11.1 Å². The highest BCUT2D eigenvalue weighted by Crippen LogP contribution is 2.31. The van der Waals surface area contributed by atoms with E-state index in [9.17, 15) is 4.79 Å². The molecule has 1 amide bonds. The number of nitrogens with zero attached hydrogens (tertiary/aromatic N) is 2. The van der Waals surface area contributed by atoms with E-state index in [0.29, 0.717) is 29.0 Å². The molecule has 4 rings (SSSR count). The molecule has 1 aliphatic carbocycles. The number of rotatable bonds is 6. The van der Waals surface area contributed by atoms with Gasteiger partial charge in [0.15, 0.2) is 0 Å². The van der Waals surface area contributed by atoms with Gasteiger partial charge in [0.1, 0.15) is 0 Å². The third kappa shape index (κ3) is 4.98. The van der Waals surface area contributed by atoms with Crippen LogP contribution in [0, 0.1) is 5.92 Å².